The van der Waals surface area contributed by atoms with Crippen molar-refractivity contribution in [1.82, 2.24) is 0 Å². The van der Waals surface area contributed by atoms with Crippen LogP contribution in [0.4, 0.5) is 0 Å². The van der Waals surface area contributed by atoms with Gasteiger partial charge in [-0.05, 0) is 37.7 Å². The lowest BCUT2D eigenvalue weighted by Crippen LogP contribution is -2.38. The summed E-state index contributed by atoms with van der Waals surface area (Å²) in [5, 5.41) is 0. The lowest BCUT2D eigenvalue weighted by atomic mass is 9.61. The Hall–Kier alpha value is -0.850. The van der Waals surface area contributed by atoms with Crippen molar-refractivity contribution in [3.8, 4) is 0 Å². The van der Waals surface area contributed by atoms with E-state index in [0.29, 0.717) is 5.92 Å². The minimum absolute atomic E-state index is 0.0671. The van der Waals surface area contributed by atoms with Crippen LogP contribution in [-0.4, -0.2) is 5.78 Å². The normalized spacial score (nSPS) is 30.3. The molecule has 0 aromatic heterocycles. The maximum absolute atomic E-state index is 12.0. The zero-order valence-corrected chi connectivity index (χ0v) is 10.5. The molecule has 0 spiro atoms. The quantitative estimate of drug-likeness (QED) is 0.496. The average molecular weight is 206 g/mol. The summed E-state index contributed by atoms with van der Waals surface area (Å²) in [6.07, 6.45) is 6.87. The zero-order valence-electron chi connectivity index (χ0n) is 10.5. The van der Waals surface area contributed by atoms with Crippen molar-refractivity contribution in [2.75, 3.05) is 0 Å². The third-order valence-electron chi connectivity index (χ3n) is 3.88. The summed E-state index contributed by atoms with van der Waals surface area (Å²) in [5.74, 6) is 0.889. The zero-order chi connectivity index (χ0) is 11.6. The Kier molecular flexibility index (Phi) is 3.54. The van der Waals surface area contributed by atoms with Crippen molar-refractivity contribution < 1.29 is 4.79 Å². The van der Waals surface area contributed by atoms with Gasteiger partial charge in [0.15, 0.2) is 5.78 Å². The van der Waals surface area contributed by atoms with E-state index in [9.17, 15) is 4.79 Å². The van der Waals surface area contributed by atoms with Crippen LogP contribution in [0.3, 0.4) is 0 Å². The van der Waals surface area contributed by atoms with Crippen LogP contribution in [0.5, 0.6) is 0 Å². The Morgan fingerprint density at radius 2 is 2.13 bits per heavy atom. The van der Waals surface area contributed by atoms with Gasteiger partial charge in [-0.1, -0.05) is 38.5 Å². The molecule has 1 heteroatoms. The molecular weight excluding hydrogens is 184 g/mol. The van der Waals surface area contributed by atoms with E-state index in [0.717, 1.165) is 6.42 Å². The first-order chi connectivity index (χ1) is 6.91. The average Bonchev–Trinajstić information content (AvgIpc) is 2.12. The van der Waals surface area contributed by atoms with E-state index in [1.165, 1.54) is 5.57 Å². The number of carbonyl (C=O) groups excluding carboxylic acids is 1. The second-order valence-electron chi connectivity index (χ2n) is 5.24. The third-order valence-corrected chi connectivity index (χ3v) is 3.88. The molecule has 0 aromatic rings. The van der Waals surface area contributed by atoms with Gasteiger partial charge in [-0.2, -0.15) is 0 Å². The molecule has 1 nitrogen and oxygen atoms in total. The number of hydrogen-bond acceptors (Lipinski definition) is 1. The minimum Gasteiger partial charge on any atom is -0.294 e. The minimum atomic E-state index is 0.0671. The molecule has 2 unspecified atom stereocenters. The fraction of sp³-hybridized carbons (Fsp3) is 0.643. The highest BCUT2D eigenvalue weighted by Crippen LogP contribution is 2.45. The molecule has 1 aliphatic carbocycles. The molecule has 0 N–H and O–H groups in total. The Balaban J connectivity index is 3.06. The monoisotopic (exact) mass is 206 g/mol. The fourth-order valence-corrected chi connectivity index (χ4v) is 2.51. The molecule has 0 aromatic carbocycles. The molecule has 0 saturated carbocycles. The van der Waals surface area contributed by atoms with Gasteiger partial charge in [0, 0.05) is 5.92 Å². The molecule has 0 heterocycles. The van der Waals surface area contributed by atoms with Gasteiger partial charge in [0.1, 0.15) is 0 Å². The van der Waals surface area contributed by atoms with Crippen LogP contribution in [0.2, 0.25) is 0 Å². The number of hydrogen-bond donors (Lipinski definition) is 0. The van der Waals surface area contributed by atoms with E-state index in [4.69, 9.17) is 0 Å². The van der Waals surface area contributed by atoms with Gasteiger partial charge in [-0.3, -0.25) is 4.79 Å². The van der Waals surface area contributed by atoms with Crippen molar-refractivity contribution >= 4 is 5.78 Å². The molecule has 84 valence electrons. The van der Waals surface area contributed by atoms with E-state index in [-0.39, 0.29) is 17.1 Å². The predicted molar refractivity (Wildman–Crippen MR) is 64.6 cm³/mol. The molecule has 1 aliphatic rings. The lowest BCUT2D eigenvalue weighted by molar-refractivity contribution is -0.121. The van der Waals surface area contributed by atoms with Crippen LogP contribution in [0.1, 0.15) is 41.0 Å². The van der Waals surface area contributed by atoms with Gasteiger partial charge in [0.05, 0.1) is 0 Å². The first kappa shape index (κ1) is 12.2. The standard InChI is InChI=1S/C14H22O/c1-6-7-12(15)13-10(2)8-9-11(3)14(13,4)5/h6-8,11,13H,9H2,1-5H3. The lowest BCUT2D eigenvalue weighted by Gasteiger charge is -2.42. The summed E-state index contributed by atoms with van der Waals surface area (Å²) in [6, 6.07) is 0. The highest BCUT2D eigenvalue weighted by molar-refractivity contribution is 5.94. The predicted octanol–water partition coefficient (Wildman–Crippen LogP) is 3.76. The highest BCUT2D eigenvalue weighted by Gasteiger charge is 2.41. The van der Waals surface area contributed by atoms with Crippen LogP contribution >= 0.6 is 0 Å². The summed E-state index contributed by atoms with van der Waals surface area (Å²) in [4.78, 5) is 12.0. The topological polar surface area (TPSA) is 17.1 Å². The molecule has 15 heavy (non-hydrogen) atoms. The Bertz CT molecular complexity index is 307. The van der Waals surface area contributed by atoms with Gasteiger partial charge in [0.25, 0.3) is 0 Å². The second kappa shape index (κ2) is 4.34. The molecule has 1 rings (SSSR count). The largest absolute Gasteiger partial charge is 0.294 e. The smallest absolute Gasteiger partial charge is 0.162 e. The van der Waals surface area contributed by atoms with E-state index < -0.39 is 0 Å². The Morgan fingerprint density at radius 1 is 1.53 bits per heavy atom. The van der Waals surface area contributed by atoms with Crippen LogP contribution in [-0.2, 0) is 4.79 Å². The number of ketones is 1. The van der Waals surface area contributed by atoms with Gasteiger partial charge in [-0.25, -0.2) is 0 Å². The van der Waals surface area contributed by atoms with Crippen molar-refractivity contribution in [2.24, 2.45) is 17.3 Å². The molecule has 0 fully saturated rings. The molecule has 0 aliphatic heterocycles. The number of allylic oxidation sites excluding steroid dienone is 4. The number of rotatable bonds is 2. The first-order valence-corrected chi connectivity index (χ1v) is 5.74. The van der Waals surface area contributed by atoms with Crippen LogP contribution in [0, 0.1) is 17.3 Å². The summed E-state index contributed by atoms with van der Waals surface area (Å²) < 4.78 is 0. The van der Waals surface area contributed by atoms with E-state index in [2.05, 4.69) is 33.8 Å². The summed E-state index contributed by atoms with van der Waals surface area (Å²) in [7, 11) is 0. The van der Waals surface area contributed by atoms with Crippen molar-refractivity contribution in [2.45, 2.75) is 41.0 Å². The van der Waals surface area contributed by atoms with Crippen molar-refractivity contribution in [3.05, 3.63) is 23.8 Å². The molecule has 0 bridgehead atoms. The highest BCUT2D eigenvalue weighted by atomic mass is 16.1. The summed E-state index contributed by atoms with van der Waals surface area (Å²) >= 11 is 0. The third kappa shape index (κ3) is 2.22. The molecule has 0 amide bonds. The molecule has 2 atom stereocenters. The van der Waals surface area contributed by atoms with Crippen LogP contribution < -0.4 is 0 Å². The Labute approximate surface area is 93.3 Å². The summed E-state index contributed by atoms with van der Waals surface area (Å²) in [5.41, 5.74) is 1.32. The number of carbonyl (C=O) groups is 1. The van der Waals surface area contributed by atoms with Crippen LogP contribution in [0.25, 0.3) is 0 Å². The molecular formula is C14H22O. The fourth-order valence-electron chi connectivity index (χ4n) is 2.51. The van der Waals surface area contributed by atoms with Gasteiger partial charge < -0.3 is 0 Å². The van der Waals surface area contributed by atoms with Crippen LogP contribution in [0.15, 0.2) is 23.8 Å². The van der Waals surface area contributed by atoms with E-state index in [1.54, 1.807) is 6.08 Å². The van der Waals surface area contributed by atoms with Gasteiger partial charge in [-0.15, -0.1) is 0 Å². The maximum atomic E-state index is 12.0. The first-order valence-electron chi connectivity index (χ1n) is 5.74. The maximum Gasteiger partial charge on any atom is 0.162 e. The molecule has 0 saturated heterocycles. The van der Waals surface area contributed by atoms with E-state index in [1.807, 2.05) is 13.0 Å². The van der Waals surface area contributed by atoms with Gasteiger partial charge in [0.2, 0.25) is 0 Å². The SMILES string of the molecule is CC=CC(=O)C1C(C)=CCC(C)C1(C)C. The van der Waals surface area contributed by atoms with Crippen molar-refractivity contribution in [1.29, 1.82) is 0 Å². The van der Waals surface area contributed by atoms with Gasteiger partial charge >= 0.3 is 0 Å². The Morgan fingerprint density at radius 3 is 2.67 bits per heavy atom. The van der Waals surface area contributed by atoms with E-state index >= 15 is 0 Å². The second-order valence-corrected chi connectivity index (χ2v) is 5.24. The summed E-state index contributed by atoms with van der Waals surface area (Å²) in [6.45, 7) is 10.6. The van der Waals surface area contributed by atoms with Crippen molar-refractivity contribution in [3.63, 3.8) is 0 Å². The molecule has 0 radical (unpaired) electrons.